The van der Waals surface area contributed by atoms with Gasteiger partial charge in [-0.1, -0.05) is 0 Å². The van der Waals surface area contributed by atoms with E-state index in [2.05, 4.69) is 0 Å². The molecule has 1 aromatic carbocycles. The maximum atomic E-state index is 11.8. The van der Waals surface area contributed by atoms with Crippen LogP contribution in [0.3, 0.4) is 0 Å². The molecule has 1 atom stereocenters. The zero-order valence-corrected chi connectivity index (χ0v) is 11.8. The molecular formula is C15H21NO3. The van der Waals surface area contributed by atoms with Crippen LogP contribution in [-0.2, 0) is 4.79 Å². The monoisotopic (exact) mass is 263 g/mol. The Labute approximate surface area is 114 Å². The highest BCUT2D eigenvalue weighted by molar-refractivity contribution is 5.74. The number of ether oxygens (including phenoxy) is 2. The van der Waals surface area contributed by atoms with Gasteiger partial charge in [0.2, 0.25) is 5.91 Å². The van der Waals surface area contributed by atoms with Crippen LogP contribution in [0.4, 0.5) is 0 Å². The summed E-state index contributed by atoms with van der Waals surface area (Å²) in [7, 11) is 3.31. The highest BCUT2D eigenvalue weighted by Crippen LogP contribution is 2.37. The lowest BCUT2D eigenvalue weighted by molar-refractivity contribution is -0.132. The van der Waals surface area contributed by atoms with Crippen molar-refractivity contribution < 1.29 is 14.3 Å². The zero-order chi connectivity index (χ0) is 13.8. The van der Waals surface area contributed by atoms with Gasteiger partial charge in [-0.3, -0.25) is 4.79 Å². The standard InChI is InChI=1S/C15H21NO3/c1-11(17)16-9-5-4-6-14(16)13-10-12(18-2)7-8-15(13)19-3/h7-8,10,14H,4-6,9H2,1-3H3/t14-/m0/s1. The van der Waals surface area contributed by atoms with Gasteiger partial charge in [0.25, 0.3) is 0 Å². The number of hydrogen-bond acceptors (Lipinski definition) is 3. The Bertz CT molecular complexity index is 459. The number of hydrogen-bond donors (Lipinski definition) is 0. The van der Waals surface area contributed by atoms with Gasteiger partial charge in [0.05, 0.1) is 20.3 Å². The Balaban J connectivity index is 2.39. The summed E-state index contributed by atoms with van der Waals surface area (Å²) < 4.78 is 10.7. The van der Waals surface area contributed by atoms with Gasteiger partial charge < -0.3 is 14.4 Å². The number of likely N-dealkylation sites (tertiary alicyclic amines) is 1. The van der Waals surface area contributed by atoms with E-state index in [0.29, 0.717) is 0 Å². The van der Waals surface area contributed by atoms with Crippen LogP contribution < -0.4 is 9.47 Å². The minimum atomic E-state index is 0.0938. The largest absolute Gasteiger partial charge is 0.497 e. The van der Waals surface area contributed by atoms with Crippen molar-refractivity contribution in [2.75, 3.05) is 20.8 Å². The van der Waals surface area contributed by atoms with Crippen LogP contribution in [0.15, 0.2) is 18.2 Å². The summed E-state index contributed by atoms with van der Waals surface area (Å²) in [6.45, 7) is 2.45. The Morgan fingerprint density at radius 2 is 2.05 bits per heavy atom. The fourth-order valence-electron chi connectivity index (χ4n) is 2.73. The van der Waals surface area contributed by atoms with Crippen molar-refractivity contribution in [3.05, 3.63) is 23.8 Å². The SMILES string of the molecule is COc1ccc(OC)c([C@@H]2CCCCN2C(C)=O)c1. The van der Waals surface area contributed by atoms with Crippen molar-refractivity contribution in [2.24, 2.45) is 0 Å². The third-order valence-corrected chi connectivity index (χ3v) is 3.70. The first-order valence-corrected chi connectivity index (χ1v) is 6.66. The summed E-state index contributed by atoms with van der Waals surface area (Å²) in [5.41, 5.74) is 1.04. The average molecular weight is 263 g/mol. The topological polar surface area (TPSA) is 38.8 Å². The smallest absolute Gasteiger partial charge is 0.219 e. The summed E-state index contributed by atoms with van der Waals surface area (Å²) in [6, 6.07) is 5.85. The van der Waals surface area contributed by atoms with E-state index < -0.39 is 0 Å². The second-order valence-electron chi connectivity index (χ2n) is 4.83. The Morgan fingerprint density at radius 1 is 1.26 bits per heavy atom. The second kappa shape index (κ2) is 5.95. The Kier molecular flexibility index (Phi) is 4.30. The van der Waals surface area contributed by atoms with Gasteiger partial charge in [0, 0.05) is 19.0 Å². The zero-order valence-electron chi connectivity index (χ0n) is 11.8. The first-order chi connectivity index (χ1) is 9.17. The highest BCUT2D eigenvalue weighted by atomic mass is 16.5. The minimum absolute atomic E-state index is 0.0938. The predicted molar refractivity (Wildman–Crippen MR) is 73.5 cm³/mol. The molecular weight excluding hydrogens is 242 g/mol. The lowest BCUT2D eigenvalue weighted by Crippen LogP contribution is -2.37. The van der Waals surface area contributed by atoms with E-state index >= 15 is 0 Å². The van der Waals surface area contributed by atoms with Crippen LogP contribution in [0.2, 0.25) is 0 Å². The number of rotatable bonds is 3. The second-order valence-corrected chi connectivity index (χ2v) is 4.83. The summed E-state index contributed by atoms with van der Waals surface area (Å²) in [4.78, 5) is 13.7. The van der Waals surface area contributed by atoms with E-state index in [0.717, 1.165) is 42.9 Å². The van der Waals surface area contributed by atoms with Crippen molar-refractivity contribution in [2.45, 2.75) is 32.2 Å². The molecule has 0 spiro atoms. The Morgan fingerprint density at radius 3 is 2.68 bits per heavy atom. The average Bonchev–Trinajstić information content (AvgIpc) is 2.46. The van der Waals surface area contributed by atoms with Crippen molar-refractivity contribution >= 4 is 5.91 Å². The number of methoxy groups -OCH3 is 2. The fraction of sp³-hybridized carbons (Fsp3) is 0.533. The van der Waals surface area contributed by atoms with Gasteiger partial charge in [0.1, 0.15) is 11.5 Å². The quantitative estimate of drug-likeness (QED) is 0.841. The molecule has 4 nitrogen and oxygen atoms in total. The van der Waals surface area contributed by atoms with Crippen LogP contribution in [0, 0.1) is 0 Å². The molecule has 4 heteroatoms. The number of benzene rings is 1. The highest BCUT2D eigenvalue weighted by Gasteiger charge is 2.28. The molecule has 1 heterocycles. The molecule has 0 N–H and O–H groups in total. The third kappa shape index (κ3) is 2.83. The summed E-state index contributed by atoms with van der Waals surface area (Å²) in [5, 5.41) is 0. The van der Waals surface area contributed by atoms with E-state index in [1.165, 1.54) is 0 Å². The molecule has 0 aromatic heterocycles. The molecule has 1 saturated heterocycles. The fourth-order valence-corrected chi connectivity index (χ4v) is 2.73. The first kappa shape index (κ1) is 13.7. The summed E-state index contributed by atoms with van der Waals surface area (Å²) >= 11 is 0. The Hall–Kier alpha value is -1.71. The number of carbonyl (C=O) groups excluding carboxylic acids is 1. The minimum Gasteiger partial charge on any atom is -0.497 e. The van der Waals surface area contributed by atoms with Crippen LogP contribution >= 0.6 is 0 Å². The summed E-state index contributed by atoms with van der Waals surface area (Å²) in [5.74, 6) is 1.73. The maximum Gasteiger partial charge on any atom is 0.219 e. The molecule has 1 aliphatic rings. The van der Waals surface area contributed by atoms with Gasteiger partial charge in [-0.2, -0.15) is 0 Å². The van der Waals surface area contributed by atoms with Crippen LogP contribution in [0.5, 0.6) is 11.5 Å². The normalized spacial score (nSPS) is 19.1. The predicted octanol–water partition coefficient (Wildman–Crippen LogP) is 2.78. The third-order valence-electron chi connectivity index (χ3n) is 3.70. The number of nitrogens with zero attached hydrogens (tertiary/aromatic N) is 1. The molecule has 2 rings (SSSR count). The van der Waals surface area contributed by atoms with Crippen molar-refractivity contribution in [1.82, 2.24) is 4.90 Å². The molecule has 0 aliphatic carbocycles. The van der Waals surface area contributed by atoms with E-state index in [9.17, 15) is 4.79 Å². The van der Waals surface area contributed by atoms with Crippen molar-refractivity contribution in [1.29, 1.82) is 0 Å². The summed E-state index contributed by atoms with van der Waals surface area (Å²) in [6.07, 6.45) is 3.18. The molecule has 104 valence electrons. The molecule has 0 unspecified atom stereocenters. The molecule has 1 aliphatic heterocycles. The van der Waals surface area contributed by atoms with Gasteiger partial charge in [0.15, 0.2) is 0 Å². The van der Waals surface area contributed by atoms with Crippen molar-refractivity contribution in [3.63, 3.8) is 0 Å². The van der Waals surface area contributed by atoms with Crippen molar-refractivity contribution in [3.8, 4) is 11.5 Å². The molecule has 1 aromatic rings. The van der Waals surface area contributed by atoms with E-state index in [1.807, 2.05) is 23.1 Å². The van der Waals surface area contributed by atoms with Crippen LogP contribution in [0.1, 0.15) is 37.8 Å². The first-order valence-electron chi connectivity index (χ1n) is 6.66. The lowest BCUT2D eigenvalue weighted by atomic mass is 9.94. The molecule has 0 bridgehead atoms. The van der Waals surface area contributed by atoms with Crippen LogP contribution in [-0.4, -0.2) is 31.6 Å². The molecule has 1 fully saturated rings. The maximum absolute atomic E-state index is 11.8. The van der Waals surface area contributed by atoms with Gasteiger partial charge in [-0.05, 0) is 37.5 Å². The van der Waals surface area contributed by atoms with E-state index in [1.54, 1.807) is 21.1 Å². The lowest BCUT2D eigenvalue weighted by Gasteiger charge is -2.36. The number of piperidine rings is 1. The van der Waals surface area contributed by atoms with Gasteiger partial charge in [-0.25, -0.2) is 0 Å². The van der Waals surface area contributed by atoms with E-state index in [4.69, 9.17) is 9.47 Å². The van der Waals surface area contributed by atoms with E-state index in [-0.39, 0.29) is 11.9 Å². The number of carbonyl (C=O) groups is 1. The van der Waals surface area contributed by atoms with Gasteiger partial charge >= 0.3 is 0 Å². The van der Waals surface area contributed by atoms with Crippen LogP contribution in [0.25, 0.3) is 0 Å². The number of amides is 1. The molecule has 19 heavy (non-hydrogen) atoms. The molecule has 0 saturated carbocycles. The van der Waals surface area contributed by atoms with Gasteiger partial charge in [-0.15, -0.1) is 0 Å². The molecule has 1 amide bonds. The molecule has 0 radical (unpaired) electrons.